The van der Waals surface area contributed by atoms with E-state index in [2.05, 4.69) is 22.9 Å². The average molecular weight is 217 g/mol. The van der Waals surface area contributed by atoms with E-state index >= 15 is 0 Å². The zero-order valence-corrected chi connectivity index (χ0v) is 8.36. The zero-order chi connectivity index (χ0) is 8.06. The van der Waals surface area contributed by atoms with E-state index in [1.165, 1.54) is 12.8 Å². The number of hydrogen-bond donors (Lipinski definition) is 0. The molecule has 0 spiro atoms. The molecule has 2 aliphatic carbocycles. The molecular weight excluding hydrogens is 204 g/mol. The van der Waals surface area contributed by atoms with Crippen LogP contribution in [0.3, 0.4) is 0 Å². The van der Waals surface area contributed by atoms with Gasteiger partial charge in [-0.3, -0.25) is 4.79 Å². The fourth-order valence-corrected chi connectivity index (χ4v) is 2.93. The molecule has 2 saturated carbocycles. The number of carbonyl (C=O) groups excluding carboxylic acids is 1. The van der Waals surface area contributed by atoms with Crippen LogP contribution in [0.25, 0.3) is 0 Å². The molecule has 1 nitrogen and oxygen atoms in total. The van der Waals surface area contributed by atoms with Gasteiger partial charge in [-0.05, 0) is 31.1 Å². The molecule has 2 rings (SSSR count). The molecule has 2 aliphatic rings. The van der Waals surface area contributed by atoms with Crippen molar-refractivity contribution < 1.29 is 4.79 Å². The fraction of sp³-hybridized carbons (Fsp3) is 0.889. The summed E-state index contributed by atoms with van der Waals surface area (Å²) in [5.74, 6) is 0.852. The Balaban J connectivity index is 2.17. The van der Waals surface area contributed by atoms with Crippen LogP contribution in [-0.2, 0) is 4.79 Å². The van der Waals surface area contributed by atoms with E-state index in [1.807, 2.05) is 0 Å². The van der Waals surface area contributed by atoms with E-state index in [4.69, 9.17) is 0 Å². The Morgan fingerprint density at radius 3 is 2.55 bits per heavy atom. The van der Waals surface area contributed by atoms with Crippen LogP contribution < -0.4 is 0 Å². The first-order valence-electron chi connectivity index (χ1n) is 4.31. The van der Waals surface area contributed by atoms with Gasteiger partial charge in [-0.25, -0.2) is 0 Å². The summed E-state index contributed by atoms with van der Waals surface area (Å²) in [6.07, 6.45) is 4.69. The summed E-state index contributed by atoms with van der Waals surface area (Å²) in [5.41, 5.74) is 0.390. The second kappa shape index (κ2) is 2.32. The zero-order valence-electron chi connectivity index (χ0n) is 6.77. The van der Waals surface area contributed by atoms with Gasteiger partial charge < -0.3 is 0 Å². The van der Waals surface area contributed by atoms with E-state index in [0.29, 0.717) is 17.1 Å². The molecule has 62 valence electrons. The standard InChI is InChI=1S/C9H13BrO/c1-9-4-2-6(9)8(11)7(10)3-5-9/h6-7H,2-5H2,1H3/t6-,7?,9+/m1/s1. The van der Waals surface area contributed by atoms with Gasteiger partial charge in [0, 0.05) is 5.92 Å². The highest BCUT2D eigenvalue weighted by Crippen LogP contribution is 2.54. The van der Waals surface area contributed by atoms with Gasteiger partial charge in [0.15, 0.2) is 0 Å². The normalized spacial score (nSPS) is 49.8. The van der Waals surface area contributed by atoms with Crippen LogP contribution in [0.5, 0.6) is 0 Å². The highest BCUT2D eigenvalue weighted by Gasteiger charge is 2.50. The number of Topliss-reactive ketones (excluding diaryl/α,β-unsaturated/α-hetero) is 1. The van der Waals surface area contributed by atoms with Gasteiger partial charge >= 0.3 is 0 Å². The molecule has 0 aromatic carbocycles. The van der Waals surface area contributed by atoms with E-state index in [-0.39, 0.29) is 4.83 Å². The molecule has 0 aliphatic heterocycles. The molecule has 0 amide bonds. The van der Waals surface area contributed by atoms with Crippen LogP contribution in [0, 0.1) is 11.3 Å². The van der Waals surface area contributed by atoms with Gasteiger partial charge in [-0.2, -0.15) is 0 Å². The van der Waals surface area contributed by atoms with E-state index < -0.39 is 0 Å². The highest BCUT2D eigenvalue weighted by atomic mass is 79.9. The minimum atomic E-state index is 0.167. The number of halogens is 1. The Morgan fingerprint density at radius 1 is 1.45 bits per heavy atom. The molecular formula is C9H13BrO. The van der Waals surface area contributed by atoms with Crippen LogP contribution in [0.1, 0.15) is 32.6 Å². The third kappa shape index (κ3) is 0.986. The molecule has 0 heterocycles. The smallest absolute Gasteiger partial charge is 0.150 e. The third-order valence-electron chi connectivity index (χ3n) is 3.47. The lowest BCUT2D eigenvalue weighted by Crippen LogP contribution is -2.49. The summed E-state index contributed by atoms with van der Waals surface area (Å²) in [6, 6.07) is 0. The molecule has 2 fully saturated rings. The summed E-state index contributed by atoms with van der Waals surface area (Å²) < 4.78 is 0. The van der Waals surface area contributed by atoms with Crippen LogP contribution in [0.15, 0.2) is 0 Å². The molecule has 0 bridgehead atoms. The maximum Gasteiger partial charge on any atom is 0.150 e. The lowest BCUT2D eigenvalue weighted by molar-refractivity contribution is -0.136. The summed E-state index contributed by atoms with van der Waals surface area (Å²) >= 11 is 3.43. The van der Waals surface area contributed by atoms with Crippen molar-refractivity contribution in [2.45, 2.75) is 37.4 Å². The van der Waals surface area contributed by atoms with Crippen LogP contribution in [0.2, 0.25) is 0 Å². The number of hydrogen-bond acceptors (Lipinski definition) is 1. The fourth-order valence-electron chi connectivity index (χ4n) is 2.38. The van der Waals surface area contributed by atoms with Gasteiger partial charge in [-0.15, -0.1) is 0 Å². The predicted molar refractivity (Wildman–Crippen MR) is 47.8 cm³/mol. The molecule has 0 N–H and O–H groups in total. The highest BCUT2D eigenvalue weighted by molar-refractivity contribution is 9.10. The van der Waals surface area contributed by atoms with E-state index in [0.717, 1.165) is 12.8 Å². The number of fused-ring (bicyclic) bond motifs is 1. The summed E-state index contributed by atoms with van der Waals surface area (Å²) in [7, 11) is 0. The van der Waals surface area contributed by atoms with Crippen molar-refractivity contribution >= 4 is 21.7 Å². The van der Waals surface area contributed by atoms with Crippen molar-refractivity contribution in [3.05, 3.63) is 0 Å². The SMILES string of the molecule is C[C@]12CCC(Br)C(=O)[C@H]1CC2. The first-order valence-corrected chi connectivity index (χ1v) is 5.23. The maximum absolute atomic E-state index is 11.5. The molecule has 11 heavy (non-hydrogen) atoms. The molecule has 2 heteroatoms. The Hall–Kier alpha value is 0.150. The largest absolute Gasteiger partial charge is 0.298 e. The van der Waals surface area contributed by atoms with Crippen molar-refractivity contribution in [3.8, 4) is 0 Å². The topological polar surface area (TPSA) is 17.1 Å². The minimum Gasteiger partial charge on any atom is -0.298 e. The Morgan fingerprint density at radius 2 is 2.09 bits per heavy atom. The third-order valence-corrected chi connectivity index (χ3v) is 4.38. The minimum absolute atomic E-state index is 0.167. The van der Waals surface area contributed by atoms with Crippen molar-refractivity contribution in [2.24, 2.45) is 11.3 Å². The summed E-state index contributed by atoms with van der Waals surface area (Å²) in [4.78, 5) is 11.7. The Bertz CT molecular complexity index is 202. The van der Waals surface area contributed by atoms with Crippen molar-refractivity contribution in [1.82, 2.24) is 0 Å². The molecule has 3 atom stereocenters. The molecule has 0 saturated heterocycles. The molecule has 1 unspecified atom stereocenters. The molecule has 0 aromatic rings. The van der Waals surface area contributed by atoms with Crippen molar-refractivity contribution in [3.63, 3.8) is 0 Å². The number of ketones is 1. The monoisotopic (exact) mass is 216 g/mol. The second-order valence-corrected chi connectivity index (χ2v) is 5.26. The molecule has 0 radical (unpaired) electrons. The Kier molecular flexibility index (Phi) is 1.64. The maximum atomic E-state index is 11.5. The number of carbonyl (C=O) groups is 1. The van der Waals surface area contributed by atoms with Crippen molar-refractivity contribution in [1.29, 1.82) is 0 Å². The Labute approximate surface area is 75.7 Å². The van der Waals surface area contributed by atoms with E-state index in [1.54, 1.807) is 0 Å². The lowest BCUT2D eigenvalue weighted by Gasteiger charge is -2.50. The van der Waals surface area contributed by atoms with Crippen LogP contribution in [0.4, 0.5) is 0 Å². The first kappa shape index (κ1) is 7.78. The van der Waals surface area contributed by atoms with Gasteiger partial charge in [0.05, 0.1) is 4.83 Å². The van der Waals surface area contributed by atoms with Gasteiger partial charge in [-0.1, -0.05) is 22.9 Å². The summed E-state index contributed by atoms with van der Waals surface area (Å²) in [5, 5.41) is 0. The quantitative estimate of drug-likeness (QED) is 0.570. The number of rotatable bonds is 0. The predicted octanol–water partition coefficient (Wildman–Crippen LogP) is 2.53. The first-order chi connectivity index (χ1) is 5.13. The lowest BCUT2D eigenvalue weighted by atomic mass is 9.54. The number of alkyl halides is 1. The van der Waals surface area contributed by atoms with Crippen molar-refractivity contribution in [2.75, 3.05) is 0 Å². The van der Waals surface area contributed by atoms with Gasteiger partial charge in [0.2, 0.25) is 0 Å². The van der Waals surface area contributed by atoms with Gasteiger partial charge in [0.25, 0.3) is 0 Å². The van der Waals surface area contributed by atoms with Crippen LogP contribution >= 0.6 is 15.9 Å². The average Bonchev–Trinajstić information content (AvgIpc) is 1.95. The van der Waals surface area contributed by atoms with E-state index in [9.17, 15) is 4.79 Å². The second-order valence-electron chi connectivity index (χ2n) is 4.15. The van der Waals surface area contributed by atoms with Gasteiger partial charge in [0.1, 0.15) is 5.78 Å². The van der Waals surface area contributed by atoms with Crippen LogP contribution in [-0.4, -0.2) is 10.6 Å². The molecule has 0 aromatic heterocycles. The summed E-state index contributed by atoms with van der Waals surface area (Å²) in [6.45, 7) is 2.26.